The van der Waals surface area contributed by atoms with Gasteiger partial charge in [0, 0.05) is 6.42 Å². The quantitative estimate of drug-likeness (QED) is 0.251. The van der Waals surface area contributed by atoms with Gasteiger partial charge in [-0.25, -0.2) is 0 Å². The first-order chi connectivity index (χ1) is 12.8. The summed E-state index contributed by atoms with van der Waals surface area (Å²) in [5, 5.41) is 0. The molecule has 0 aromatic rings. The molecule has 0 rings (SSSR count). The van der Waals surface area contributed by atoms with Crippen molar-refractivity contribution in [1.82, 2.24) is 6.15 Å². The first-order valence-electron chi connectivity index (χ1n) is 11.9. The van der Waals surface area contributed by atoms with Gasteiger partial charge in [0.1, 0.15) is 0 Å². The van der Waals surface area contributed by atoms with E-state index in [4.69, 9.17) is 5.73 Å². The van der Waals surface area contributed by atoms with Gasteiger partial charge >= 0.3 is 0 Å². The average molecular weight is 438 g/mol. The van der Waals surface area contributed by atoms with Crippen LogP contribution in [0.1, 0.15) is 123 Å². The Bertz CT molecular complexity index is 307. The largest absolute Gasteiger partial charge is 1.00 e. The second-order valence-corrected chi connectivity index (χ2v) is 9.18. The minimum absolute atomic E-state index is 0. The standard InChI is InChI=1S/C18H37NO.C6H16N.ClH.H3N/c1-2-3-4-5-6-7-8-9-10-11-12-13-14-15-16-17-18(19)20;1-5-6-7(2,3)4;;/h2-17H2,1H3,(H2,19,20);5-6H2,1-4H3;1H;1H3/q;+1;;/p-1. The van der Waals surface area contributed by atoms with E-state index in [1.54, 1.807) is 0 Å². The second-order valence-electron chi connectivity index (χ2n) is 9.18. The average Bonchev–Trinajstić information content (AvgIpc) is 2.57. The van der Waals surface area contributed by atoms with Crippen molar-refractivity contribution in [3.05, 3.63) is 0 Å². The molecule has 0 bridgehead atoms. The number of quaternary nitrogens is 1. The zero-order valence-electron chi connectivity index (χ0n) is 20.7. The minimum atomic E-state index is -0.153. The summed E-state index contributed by atoms with van der Waals surface area (Å²) in [5.74, 6) is -0.153. The van der Waals surface area contributed by atoms with Gasteiger partial charge in [-0.2, -0.15) is 0 Å². The number of rotatable bonds is 18. The van der Waals surface area contributed by atoms with Crippen molar-refractivity contribution >= 4 is 5.91 Å². The highest BCUT2D eigenvalue weighted by molar-refractivity contribution is 5.73. The Morgan fingerprint density at radius 2 is 0.931 bits per heavy atom. The number of carbonyl (C=O) groups is 1. The zero-order valence-corrected chi connectivity index (χ0v) is 21.5. The van der Waals surface area contributed by atoms with Crippen LogP contribution in [0.5, 0.6) is 0 Å². The molecule has 5 N–H and O–H groups in total. The summed E-state index contributed by atoms with van der Waals surface area (Å²) < 4.78 is 1.09. The SMILES string of the molecule is CCCCCCCCCCCCCCCCCC(N)=O.CCC[N+](C)(C)C.N.[Cl-]. The van der Waals surface area contributed by atoms with Crippen LogP contribution >= 0.6 is 0 Å². The van der Waals surface area contributed by atoms with Crippen molar-refractivity contribution in [3.8, 4) is 0 Å². The number of hydrogen-bond acceptors (Lipinski definition) is 2. The maximum absolute atomic E-state index is 10.6. The van der Waals surface area contributed by atoms with Crippen LogP contribution in [0.15, 0.2) is 0 Å². The second kappa shape index (κ2) is 27.7. The maximum atomic E-state index is 10.6. The molecule has 4 nitrogen and oxygen atoms in total. The summed E-state index contributed by atoms with van der Waals surface area (Å²) in [5.41, 5.74) is 5.11. The Balaban J connectivity index is -0.000000298. The van der Waals surface area contributed by atoms with Crippen molar-refractivity contribution in [2.45, 2.75) is 123 Å². The first-order valence-corrected chi connectivity index (χ1v) is 11.9. The molecule has 0 fully saturated rings. The van der Waals surface area contributed by atoms with Crippen LogP contribution in [0.4, 0.5) is 0 Å². The molecule has 29 heavy (non-hydrogen) atoms. The van der Waals surface area contributed by atoms with Gasteiger partial charge in [0.15, 0.2) is 0 Å². The van der Waals surface area contributed by atoms with Gasteiger partial charge in [0.05, 0.1) is 27.7 Å². The number of unbranched alkanes of at least 4 members (excludes halogenated alkanes) is 14. The summed E-state index contributed by atoms with van der Waals surface area (Å²) in [7, 11) is 6.64. The predicted molar refractivity (Wildman–Crippen MR) is 127 cm³/mol. The fourth-order valence-corrected chi connectivity index (χ4v) is 3.34. The summed E-state index contributed by atoms with van der Waals surface area (Å²) in [6.07, 6.45) is 22.2. The molecular formula is C24H56ClN3O. The smallest absolute Gasteiger partial charge is 0.217 e. The van der Waals surface area contributed by atoms with E-state index in [2.05, 4.69) is 35.0 Å². The molecule has 0 aromatic heterocycles. The first kappa shape index (κ1) is 36.1. The van der Waals surface area contributed by atoms with E-state index < -0.39 is 0 Å². The number of hydrogen-bond donors (Lipinski definition) is 2. The van der Waals surface area contributed by atoms with Gasteiger partial charge in [-0.15, -0.1) is 0 Å². The van der Waals surface area contributed by atoms with Gasteiger partial charge in [-0.05, 0) is 12.8 Å². The van der Waals surface area contributed by atoms with Crippen LogP contribution in [-0.4, -0.2) is 38.1 Å². The number of halogens is 1. The Labute approximate surface area is 190 Å². The van der Waals surface area contributed by atoms with Crippen LogP contribution in [-0.2, 0) is 4.79 Å². The number of primary amides is 1. The molecular weight excluding hydrogens is 382 g/mol. The number of carbonyl (C=O) groups excluding carboxylic acids is 1. The summed E-state index contributed by atoms with van der Waals surface area (Å²) in [6, 6.07) is 0. The molecule has 180 valence electrons. The van der Waals surface area contributed by atoms with Crippen molar-refractivity contribution in [3.63, 3.8) is 0 Å². The maximum Gasteiger partial charge on any atom is 0.217 e. The fraction of sp³-hybridized carbons (Fsp3) is 0.958. The van der Waals surface area contributed by atoms with E-state index >= 15 is 0 Å². The lowest BCUT2D eigenvalue weighted by Gasteiger charge is -2.22. The number of amides is 1. The van der Waals surface area contributed by atoms with E-state index in [-0.39, 0.29) is 24.5 Å². The number of nitrogens with two attached hydrogens (primary N) is 1. The lowest BCUT2D eigenvalue weighted by Crippen LogP contribution is -3.00. The highest BCUT2D eigenvalue weighted by Crippen LogP contribution is 2.13. The Morgan fingerprint density at radius 3 is 1.14 bits per heavy atom. The van der Waals surface area contributed by atoms with Crippen LogP contribution in [0.3, 0.4) is 0 Å². The third-order valence-electron chi connectivity index (χ3n) is 4.92. The van der Waals surface area contributed by atoms with Gasteiger partial charge < -0.3 is 28.8 Å². The molecule has 0 aliphatic rings. The molecule has 0 aliphatic heterocycles. The van der Waals surface area contributed by atoms with Crippen molar-refractivity contribution < 1.29 is 21.7 Å². The van der Waals surface area contributed by atoms with E-state index in [0.717, 1.165) is 10.9 Å². The third-order valence-corrected chi connectivity index (χ3v) is 4.92. The third kappa shape index (κ3) is 42.7. The van der Waals surface area contributed by atoms with E-state index in [9.17, 15) is 4.79 Å². The molecule has 1 amide bonds. The van der Waals surface area contributed by atoms with Gasteiger partial charge in [-0.3, -0.25) is 4.79 Å². The van der Waals surface area contributed by atoms with Crippen LogP contribution in [0.25, 0.3) is 0 Å². The lowest BCUT2D eigenvalue weighted by molar-refractivity contribution is -0.870. The minimum Gasteiger partial charge on any atom is -1.00 e. The van der Waals surface area contributed by atoms with E-state index in [1.165, 1.54) is 103 Å². The summed E-state index contributed by atoms with van der Waals surface area (Å²) >= 11 is 0. The predicted octanol–water partition coefficient (Wildman–Crippen LogP) is 4.00. The molecule has 0 saturated heterocycles. The summed E-state index contributed by atoms with van der Waals surface area (Å²) in [6.45, 7) is 5.77. The molecule has 5 heteroatoms. The summed E-state index contributed by atoms with van der Waals surface area (Å²) in [4.78, 5) is 10.6. The molecule has 0 radical (unpaired) electrons. The molecule has 0 saturated carbocycles. The Kier molecular flexibility index (Phi) is 34.4. The van der Waals surface area contributed by atoms with Crippen LogP contribution in [0, 0.1) is 0 Å². The van der Waals surface area contributed by atoms with E-state index in [0.29, 0.717) is 6.42 Å². The monoisotopic (exact) mass is 437 g/mol. The number of nitrogens with zero attached hydrogens (tertiary/aromatic N) is 1. The van der Waals surface area contributed by atoms with Crippen LogP contribution < -0.4 is 24.3 Å². The Hall–Kier alpha value is -0.320. The van der Waals surface area contributed by atoms with Gasteiger partial charge in [0.2, 0.25) is 5.91 Å². The van der Waals surface area contributed by atoms with Crippen LogP contribution in [0.2, 0.25) is 0 Å². The highest BCUT2D eigenvalue weighted by Gasteiger charge is 2.01. The fourth-order valence-electron chi connectivity index (χ4n) is 3.34. The van der Waals surface area contributed by atoms with Gasteiger partial charge in [0.25, 0.3) is 0 Å². The molecule has 0 aromatic carbocycles. The highest BCUT2D eigenvalue weighted by atomic mass is 35.5. The molecule has 0 unspecified atom stereocenters. The van der Waals surface area contributed by atoms with Crippen molar-refractivity contribution in [2.24, 2.45) is 5.73 Å². The molecule has 0 heterocycles. The Morgan fingerprint density at radius 1 is 0.621 bits per heavy atom. The molecule has 0 atom stereocenters. The normalized spacial score (nSPS) is 10.4. The topological polar surface area (TPSA) is 78.1 Å². The van der Waals surface area contributed by atoms with E-state index in [1.807, 2.05) is 0 Å². The van der Waals surface area contributed by atoms with Crippen molar-refractivity contribution in [2.75, 3.05) is 27.7 Å². The lowest BCUT2D eigenvalue weighted by atomic mass is 10.0. The van der Waals surface area contributed by atoms with Gasteiger partial charge in [-0.1, -0.05) is 104 Å². The van der Waals surface area contributed by atoms with Crippen molar-refractivity contribution in [1.29, 1.82) is 0 Å². The zero-order chi connectivity index (χ0) is 20.8. The molecule has 0 aliphatic carbocycles. The molecule has 0 spiro atoms.